The van der Waals surface area contributed by atoms with E-state index in [2.05, 4.69) is 0 Å². The van der Waals surface area contributed by atoms with E-state index in [0.29, 0.717) is 28.0 Å². The van der Waals surface area contributed by atoms with E-state index in [4.69, 9.17) is 21.1 Å². The molecular weight excluding hydrogens is 603 g/mol. The highest BCUT2D eigenvalue weighted by atomic mass is 35.5. The molecule has 3 rings (SSSR count). The number of unbranched alkanes of at least 4 members (excludes halogenated alkanes) is 2. The van der Waals surface area contributed by atoms with Crippen molar-refractivity contribution in [1.82, 2.24) is 3.71 Å². The molecule has 3 aromatic rings. The predicted octanol–water partition coefficient (Wildman–Crippen LogP) is 6.62. The molecule has 0 aromatic heterocycles. The number of hydrogen-bond donors (Lipinski definition) is 0. The Morgan fingerprint density at radius 1 is 0.683 bits per heavy atom. The molecule has 13 heteroatoms. The summed E-state index contributed by atoms with van der Waals surface area (Å²) in [4.78, 5) is -0.274. The van der Waals surface area contributed by atoms with Gasteiger partial charge in [-0.2, -0.15) is 13.2 Å². The number of sulfonamides is 2. The number of alkyl halides is 3. The summed E-state index contributed by atoms with van der Waals surface area (Å²) in [5, 5.41) is 0.329. The summed E-state index contributed by atoms with van der Waals surface area (Å²) in [5.74, 6) is 0. The molecule has 0 bridgehead atoms. The monoisotopic (exact) mass is 633 g/mol. The number of halogens is 4. The van der Waals surface area contributed by atoms with Crippen molar-refractivity contribution in [3.05, 3.63) is 95.5 Å². The van der Waals surface area contributed by atoms with E-state index in [1.807, 2.05) is 0 Å². The van der Waals surface area contributed by atoms with Gasteiger partial charge in [0, 0.05) is 31.4 Å². The fourth-order valence-corrected chi connectivity index (χ4v) is 7.75. The Hall–Kier alpha value is -2.48. The van der Waals surface area contributed by atoms with E-state index in [9.17, 15) is 30.0 Å². The molecule has 0 aliphatic heterocycles. The maximum absolute atomic E-state index is 13.4. The van der Waals surface area contributed by atoms with Gasteiger partial charge in [-0.1, -0.05) is 63.8 Å². The number of nitrogens with zero attached hydrogens (tertiary/aromatic N) is 1. The second-order valence-corrected chi connectivity index (χ2v) is 13.4. The Kier molecular flexibility index (Phi) is 12.2. The summed E-state index contributed by atoms with van der Waals surface area (Å²) in [5.41, 5.74) is -0.0317. The van der Waals surface area contributed by atoms with E-state index in [1.165, 1.54) is 72.8 Å². The van der Waals surface area contributed by atoms with E-state index in [-0.39, 0.29) is 48.1 Å². The first-order chi connectivity index (χ1) is 19.4. The van der Waals surface area contributed by atoms with Crippen LogP contribution in [-0.2, 0) is 29.5 Å². The summed E-state index contributed by atoms with van der Waals surface area (Å²) in [6.07, 6.45) is -5.27. The Morgan fingerprint density at radius 2 is 1.15 bits per heavy atom. The number of benzene rings is 3. The van der Waals surface area contributed by atoms with Gasteiger partial charge in [0.15, 0.2) is 6.10 Å². The van der Waals surface area contributed by atoms with Gasteiger partial charge >= 0.3 is 6.18 Å². The lowest BCUT2D eigenvalue weighted by molar-refractivity contribution is -0.224. The minimum Gasteiger partial charge on any atom is -0.381 e. The van der Waals surface area contributed by atoms with Crippen LogP contribution in [0, 0.1) is 0 Å². The molecule has 1 atom stereocenters. The van der Waals surface area contributed by atoms with E-state index >= 15 is 0 Å². The van der Waals surface area contributed by atoms with Crippen molar-refractivity contribution in [2.75, 3.05) is 26.4 Å². The first-order valence-electron chi connectivity index (χ1n) is 12.8. The molecule has 0 spiro atoms. The van der Waals surface area contributed by atoms with Crippen molar-refractivity contribution in [2.24, 2.45) is 0 Å². The first-order valence-corrected chi connectivity index (χ1v) is 16.1. The maximum atomic E-state index is 13.4. The van der Waals surface area contributed by atoms with Crippen LogP contribution in [0.3, 0.4) is 0 Å². The lowest BCUT2D eigenvalue weighted by Gasteiger charge is -2.22. The van der Waals surface area contributed by atoms with Gasteiger partial charge in [-0.3, -0.25) is 0 Å². The highest BCUT2D eigenvalue weighted by molar-refractivity contribution is 8.04. The van der Waals surface area contributed by atoms with E-state index < -0.39 is 32.3 Å². The fourth-order valence-electron chi connectivity index (χ4n) is 3.86. The highest BCUT2D eigenvalue weighted by Gasteiger charge is 2.41. The van der Waals surface area contributed by atoms with Crippen LogP contribution in [0.1, 0.15) is 37.4 Å². The molecule has 0 saturated heterocycles. The van der Waals surface area contributed by atoms with Crippen LogP contribution in [0.2, 0.25) is 5.02 Å². The second kappa shape index (κ2) is 15.1. The third-order valence-corrected chi connectivity index (χ3v) is 10.5. The standard InChI is InChI=1S/C28H31ClF3NO6S2/c29-24-17-15-23(16-18-24)27(28(30,31)32)39-22-10-9-21-38-20-8-7-19-33(40(34,35)25-11-3-1-4-12-25)41(36,37)26-13-5-2-6-14-26/h1-6,11-18,27H,7-10,19-22H2. The summed E-state index contributed by atoms with van der Waals surface area (Å²) in [6.45, 7) is 0.0751. The van der Waals surface area contributed by atoms with Crippen LogP contribution < -0.4 is 0 Å². The molecule has 0 saturated carbocycles. The summed E-state index contributed by atoms with van der Waals surface area (Å²) in [6, 6.07) is 20.0. The zero-order valence-electron chi connectivity index (χ0n) is 22.0. The van der Waals surface area contributed by atoms with Gasteiger partial charge in [-0.15, -0.1) is 0 Å². The summed E-state index contributed by atoms with van der Waals surface area (Å²) >= 11 is 5.75. The van der Waals surface area contributed by atoms with Gasteiger partial charge in [-0.05, 0) is 67.6 Å². The van der Waals surface area contributed by atoms with Crippen molar-refractivity contribution in [1.29, 1.82) is 0 Å². The van der Waals surface area contributed by atoms with Crippen LogP contribution >= 0.6 is 11.6 Å². The highest BCUT2D eigenvalue weighted by Crippen LogP contribution is 2.36. The van der Waals surface area contributed by atoms with Gasteiger partial charge < -0.3 is 9.47 Å². The van der Waals surface area contributed by atoms with Gasteiger partial charge in [-0.25, -0.2) is 16.8 Å². The smallest absolute Gasteiger partial charge is 0.381 e. The Bertz CT molecular complexity index is 1350. The van der Waals surface area contributed by atoms with Crippen LogP contribution in [-0.4, -0.2) is 53.1 Å². The number of ether oxygens (including phenoxy) is 2. The lowest BCUT2D eigenvalue weighted by atomic mass is 10.1. The molecule has 0 aliphatic carbocycles. The molecule has 0 amide bonds. The Labute approximate surface area is 244 Å². The van der Waals surface area contributed by atoms with E-state index in [0.717, 1.165) is 0 Å². The lowest BCUT2D eigenvalue weighted by Crippen LogP contribution is -2.37. The van der Waals surface area contributed by atoms with Crippen molar-refractivity contribution >= 4 is 31.6 Å². The number of hydrogen-bond acceptors (Lipinski definition) is 6. The quantitative estimate of drug-likeness (QED) is 0.165. The SMILES string of the molecule is O=S(=O)(c1ccccc1)N(CCCCOCCCCOC(c1ccc(Cl)cc1)C(F)(F)F)S(=O)(=O)c1ccccc1. The zero-order chi connectivity index (χ0) is 29.9. The minimum absolute atomic E-state index is 0.0317. The molecule has 3 aromatic carbocycles. The topological polar surface area (TPSA) is 90.0 Å². The van der Waals surface area contributed by atoms with Crippen LogP contribution in [0.4, 0.5) is 13.2 Å². The summed E-state index contributed by atoms with van der Waals surface area (Å²) in [7, 11) is -8.70. The second-order valence-electron chi connectivity index (χ2n) is 9.00. The van der Waals surface area contributed by atoms with Gasteiger partial charge in [0.1, 0.15) is 0 Å². The molecular formula is C28H31ClF3NO6S2. The predicted molar refractivity (Wildman–Crippen MR) is 149 cm³/mol. The zero-order valence-corrected chi connectivity index (χ0v) is 24.4. The molecule has 41 heavy (non-hydrogen) atoms. The third-order valence-electron chi connectivity index (χ3n) is 5.94. The van der Waals surface area contributed by atoms with Crippen LogP contribution in [0.15, 0.2) is 94.7 Å². The molecule has 224 valence electrons. The average molecular weight is 634 g/mol. The van der Waals surface area contributed by atoms with Crippen molar-refractivity contribution in [3.63, 3.8) is 0 Å². The van der Waals surface area contributed by atoms with Gasteiger partial charge in [0.2, 0.25) is 0 Å². The van der Waals surface area contributed by atoms with Crippen LogP contribution in [0.5, 0.6) is 0 Å². The largest absolute Gasteiger partial charge is 0.418 e. The maximum Gasteiger partial charge on any atom is 0.418 e. The van der Waals surface area contributed by atoms with Crippen LogP contribution in [0.25, 0.3) is 0 Å². The molecule has 0 heterocycles. The van der Waals surface area contributed by atoms with E-state index in [1.54, 1.807) is 12.1 Å². The normalized spacial score (nSPS) is 13.4. The Morgan fingerprint density at radius 3 is 1.63 bits per heavy atom. The molecule has 1 unspecified atom stereocenters. The van der Waals surface area contributed by atoms with Crippen molar-refractivity contribution < 1.29 is 39.5 Å². The van der Waals surface area contributed by atoms with Crippen molar-refractivity contribution in [2.45, 2.75) is 47.8 Å². The molecule has 0 N–H and O–H groups in total. The first kappa shape index (κ1) is 33.0. The fraction of sp³-hybridized carbons (Fsp3) is 0.357. The van der Waals surface area contributed by atoms with Gasteiger partial charge in [0.25, 0.3) is 20.0 Å². The third kappa shape index (κ3) is 9.52. The average Bonchev–Trinajstić information content (AvgIpc) is 2.94. The molecule has 0 radical (unpaired) electrons. The molecule has 0 fully saturated rings. The number of rotatable bonds is 16. The Balaban J connectivity index is 1.46. The minimum atomic E-state index is -4.57. The molecule has 0 aliphatic rings. The van der Waals surface area contributed by atoms with Gasteiger partial charge in [0.05, 0.1) is 9.79 Å². The molecule has 7 nitrogen and oxygen atoms in total. The summed E-state index contributed by atoms with van der Waals surface area (Å²) < 4.78 is 104. The van der Waals surface area contributed by atoms with Crippen molar-refractivity contribution in [3.8, 4) is 0 Å².